The Balaban J connectivity index is 1.73. The SMILES string of the molecule is CC(C)C[C@@H](CC(=O)NC(CC(=O)O)C(=O)NCc1ccccc1)NC(=O)[C@@H](Cc1c[nH]c2ccccc12)NC(=O)OC(C)(C)C. The van der Waals surface area contributed by atoms with Crippen molar-refractivity contribution in [3.63, 3.8) is 0 Å². The molecule has 1 unspecified atom stereocenters. The molecule has 0 saturated heterocycles. The summed E-state index contributed by atoms with van der Waals surface area (Å²) < 4.78 is 5.42. The van der Waals surface area contributed by atoms with E-state index < -0.39 is 59.9 Å². The van der Waals surface area contributed by atoms with Gasteiger partial charge < -0.3 is 36.1 Å². The monoisotopic (exact) mass is 635 g/mol. The minimum atomic E-state index is -1.31. The summed E-state index contributed by atoms with van der Waals surface area (Å²) in [5.41, 5.74) is 1.72. The maximum atomic E-state index is 13.7. The number of carboxylic acids is 1. The largest absolute Gasteiger partial charge is 0.481 e. The van der Waals surface area contributed by atoms with Crippen LogP contribution in [0.4, 0.5) is 4.79 Å². The van der Waals surface area contributed by atoms with Crippen LogP contribution in [-0.2, 0) is 36.9 Å². The van der Waals surface area contributed by atoms with Crippen molar-refractivity contribution in [1.29, 1.82) is 0 Å². The number of fused-ring (bicyclic) bond motifs is 1. The first-order valence-electron chi connectivity index (χ1n) is 15.4. The van der Waals surface area contributed by atoms with Crippen LogP contribution in [0.5, 0.6) is 0 Å². The summed E-state index contributed by atoms with van der Waals surface area (Å²) in [5, 5.41) is 21.1. The van der Waals surface area contributed by atoms with Crippen LogP contribution in [0, 0.1) is 5.92 Å². The van der Waals surface area contributed by atoms with Crippen molar-refractivity contribution in [3.8, 4) is 0 Å². The van der Waals surface area contributed by atoms with Gasteiger partial charge in [0.05, 0.1) is 6.42 Å². The lowest BCUT2D eigenvalue weighted by Gasteiger charge is -2.26. The number of para-hydroxylation sites is 1. The molecule has 0 aliphatic rings. The molecular weight excluding hydrogens is 590 g/mol. The number of alkyl carbamates (subject to hydrolysis) is 1. The van der Waals surface area contributed by atoms with Gasteiger partial charge in [-0.05, 0) is 50.3 Å². The molecule has 1 heterocycles. The number of benzene rings is 2. The Morgan fingerprint density at radius 2 is 1.52 bits per heavy atom. The molecule has 6 N–H and O–H groups in total. The van der Waals surface area contributed by atoms with Crippen molar-refractivity contribution < 1.29 is 33.8 Å². The van der Waals surface area contributed by atoms with Crippen LogP contribution in [-0.4, -0.2) is 63.6 Å². The van der Waals surface area contributed by atoms with Gasteiger partial charge in [0, 0.05) is 42.5 Å². The highest BCUT2D eigenvalue weighted by Gasteiger charge is 2.30. The van der Waals surface area contributed by atoms with Gasteiger partial charge in [-0.2, -0.15) is 0 Å². The molecule has 2 aromatic carbocycles. The second kappa shape index (κ2) is 16.4. The summed E-state index contributed by atoms with van der Waals surface area (Å²) >= 11 is 0. The van der Waals surface area contributed by atoms with Crippen LogP contribution < -0.4 is 21.3 Å². The molecule has 3 rings (SSSR count). The molecule has 0 bridgehead atoms. The van der Waals surface area contributed by atoms with Gasteiger partial charge in [0.2, 0.25) is 17.7 Å². The molecule has 1 aromatic heterocycles. The Morgan fingerprint density at radius 1 is 0.848 bits per heavy atom. The fourth-order valence-electron chi connectivity index (χ4n) is 5.01. The smallest absolute Gasteiger partial charge is 0.408 e. The van der Waals surface area contributed by atoms with Gasteiger partial charge in [0.15, 0.2) is 0 Å². The highest BCUT2D eigenvalue weighted by molar-refractivity contribution is 5.92. The van der Waals surface area contributed by atoms with E-state index in [9.17, 15) is 29.1 Å². The maximum Gasteiger partial charge on any atom is 0.408 e. The number of carbonyl (C=O) groups is 5. The van der Waals surface area contributed by atoms with Crippen molar-refractivity contribution in [1.82, 2.24) is 26.3 Å². The molecule has 0 spiro atoms. The van der Waals surface area contributed by atoms with Crippen molar-refractivity contribution in [2.75, 3.05) is 0 Å². The normalized spacial score (nSPS) is 13.3. The van der Waals surface area contributed by atoms with E-state index in [0.717, 1.165) is 22.0 Å². The van der Waals surface area contributed by atoms with Crippen LogP contribution in [0.1, 0.15) is 65.0 Å². The minimum absolute atomic E-state index is 0.0768. The second-order valence-electron chi connectivity index (χ2n) is 12.7. The number of aliphatic carboxylic acids is 1. The van der Waals surface area contributed by atoms with Crippen LogP contribution in [0.15, 0.2) is 60.8 Å². The Hall–Kier alpha value is -4.87. The predicted octanol–water partition coefficient (Wildman–Crippen LogP) is 3.80. The maximum absolute atomic E-state index is 13.7. The van der Waals surface area contributed by atoms with Gasteiger partial charge in [-0.25, -0.2) is 4.79 Å². The number of ether oxygens (including phenoxy) is 1. The molecule has 0 saturated carbocycles. The molecule has 3 atom stereocenters. The van der Waals surface area contributed by atoms with Gasteiger partial charge in [0.1, 0.15) is 17.7 Å². The molecule has 12 heteroatoms. The van der Waals surface area contributed by atoms with Gasteiger partial charge in [-0.1, -0.05) is 62.4 Å². The zero-order valence-electron chi connectivity index (χ0n) is 27.0. The van der Waals surface area contributed by atoms with Crippen molar-refractivity contribution in [3.05, 3.63) is 71.9 Å². The number of aromatic nitrogens is 1. The van der Waals surface area contributed by atoms with Crippen molar-refractivity contribution in [2.45, 2.75) is 90.6 Å². The van der Waals surface area contributed by atoms with Crippen LogP contribution in [0.2, 0.25) is 0 Å². The van der Waals surface area contributed by atoms with Crippen LogP contribution in [0.3, 0.4) is 0 Å². The topological polar surface area (TPSA) is 179 Å². The second-order valence-corrected chi connectivity index (χ2v) is 12.7. The Kier molecular flexibility index (Phi) is 12.7. The number of carboxylic acid groups (broad SMARTS) is 1. The molecule has 0 aliphatic carbocycles. The fraction of sp³-hybridized carbons (Fsp3) is 0.441. The number of hydrogen-bond donors (Lipinski definition) is 6. The summed E-state index contributed by atoms with van der Waals surface area (Å²) in [5.74, 6) is -2.92. The van der Waals surface area contributed by atoms with E-state index in [-0.39, 0.29) is 25.3 Å². The number of hydrogen-bond acceptors (Lipinski definition) is 6. The summed E-state index contributed by atoms with van der Waals surface area (Å²) in [6, 6.07) is 13.7. The third-order valence-corrected chi connectivity index (χ3v) is 6.98. The lowest BCUT2D eigenvalue weighted by molar-refractivity contribution is -0.140. The third-order valence-electron chi connectivity index (χ3n) is 6.98. The molecule has 0 aliphatic heterocycles. The van der Waals surface area contributed by atoms with Gasteiger partial charge in [-0.3, -0.25) is 19.2 Å². The predicted molar refractivity (Wildman–Crippen MR) is 174 cm³/mol. The van der Waals surface area contributed by atoms with Gasteiger partial charge in [-0.15, -0.1) is 0 Å². The molecule has 3 aromatic rings. The number of H-pyrrole nitrogens is 1. The highest BCUT2D eigenvalue weighted by Crippen LogP contribution is 2.20. The first-order chi connectivity index (χ1) is 21.7. The van der Waals surface area contributed by atoms with E-state index in [1.165, 1.54) is 0 Å². The zero-order valence-corrected chi connectivity index (χ0v) is 27.0. The molecular formula is C34H45N5O7. The Labute approximate surface area is 269 Å². The van der Waals surface area contributed by atoms with E-state index in [0.29, 0.717) is 6.42 Å². The number of nitrogens with one attached hydrogen (secondary N) is 5. The number of aromatic amines is 1. The molecule has 0 radical (unpaired) electrons. The molecule has 248 valence electrons. The third kappa shape index (κ3) is 11.9. The Bertz CT molecular complexity index is 1500. The fourth-order valence-corrected chi connectivity index (χ4v) is 5.01. The van der Waals surface area contributed by atoms with E-state index >= 15 is 0 Å². The van der Waals surface area contributed by atoms with Gasteiger partial charge in [0.25, 0.3) is 0 Å². The van der Waals surface area contributed by atoms with Crippen molar-refractivity contribution in [2.24, 2.45) is 5.92 Å². The average molecular weight is 636 g/mol. The molecule has 46 heavy (non-hydrogen) atoms. The summed E-state index contributed by atoms with van der Waals surface area (Å²) in [7, 11) is 0. The quantitative estimate of drug-likeness (QED) is 0.147. The van der Waals surface area contributed by atoms with E-state index in [2.05, 4.69) is 26.3 Å². The highest BCUT2D eigenvalue weighted by atomic mass is 16.6. The summed E-state index contributed by atoms with van der Waals surface area (Å²) in [6.07, 6.45) is 0.765. The minimum Gasteiger partial charge on any atom is -0.481 e. The van der Waals surface area contributed by atoms with E-state index in [4.69, 9.17) is 4.74 Å². The van der Waals surface area contributed by atoms with Gasteiger partial charge >= 0.3 is 12.1 Å². The van der Waals surface area contributed by atoms with E-state index in [1.54, 1.807) is 27.0 Å². The standard InChI is InChI=1S/C34H45N5O7/c1-21(2)15-24(17-29(40)38-28(18-30(41)42)31(43)36-19-22-11-7-6-8-12-22)37-32(44)27(39-33(45)46-34(3,4)5)16-23-20-35-26-14-10-9-13-25(23)26/h6-14,20-21,24,27-28,35H,15-19H2,1-5H3,(H,36,43)(H,37,44)(H,38,40)(H,39,45)(H,41,42)/t24-,27+,28?/m0/s1. The van der Waals surface area contributed by atoms with E-state index in [1.807, 2.05) is 68.4 Å². The lowest BCUT2D eigenvalue weighted by atomic mass is 9.99. The molecule has 12 nitrogen and oxygen atoms in total. The summed E-state index contributed by atoms with van der Waals surface area (Å²) in [4.78, 5) is 67.2. The van der Waals surface area contributed by atoms with Crippen LogP contribution in [0.25, 0.3) is 10.9 Å². The average Bonchev–Trinajstić information content (AvgIpc) is 3.36. The zero-order chi connectivity index (χ0) is 33.9. The number of carbonyl (C=O) groups excluding carboxylic acids is 4. The first kappa shape index (κ1) is 35.6. The molecule has 4 amide bonds. The molecule has 0 fully saturated rings. The first-order valence-corrected chi connectivity index (χ1v) is 15.4. The lowest BCUT2D eigenvalue weighted by Crippen LogP contribution is -2.53. The summed E-state index contributed by atoms with van der Waals surface area (Å²) in [6.45, 7) is 9.20. The Morgan fingerprint density at radius 3 is 2.17 bits per heavy atom. The van der Waals surface area contributed by atoms with Crippen LogP contribution >= 0.6 is 0 Å². The van der Waals surface area contributed by atoms with Crippen molar-refractivity contribution >= 4 is 40.7 Å². The number of rotatable bonds is 15. The number of amides is 4.